The van der Waals surface area contributed by atoms with E-state index in [1.54, 1.807) is 0 Å². The monoisotopic (exact) mass is 249 g/mol. The van der Waals surface area contributed by atoms with Crippen LogP contribution in [-0.4, -0.2) is 25.5 Å². The fraction of sp³-hybridized carbons (Fsp3) is 0.533. The zero-order valence-electron chi connectivity index (χ0n) is 11.6. The van der Waals surface area contributed by atoms with E-state index in [9.17, 15) is 4.79 Å². The molecule has 100 valence electrons. The summed E-state index contributed by atoms with van der Waals surface area (Å²) in [5.41, 5.74) is 1.14. The van der Waals surface area contributed by atoms with Gasteiger partial charge in [0.25, 0.3) is 0 Å². The molecule has 3 nitrogen and oxygen atoms in total. The quantitative estimate of drug-likeness (QED) is 0.708. The molecule has 0 aliphatic rings. The van der Waals surface area contributed by atoms with Crippen LogP contribution in [0.4, 0.5) is 5.69 Å². The summed E-state index contributed by atoms with van der Waals surface area (Å²) in [7, 11) is 0. The number of nitrogens with zero attached hydrogens (tertiary/aromatic N) is 1. The zero-order chi connectivity index (χ0) is 13.4. The topological polar surface area (TPSA) is 29.5 Å². The van der Waals surface area contributed by atoms with Gasteiger partial charge in [0.1, 0.15) is 12.4 Å². The fourth-order valence-electron chi connectivity index (χ4n) is 1.87. The van der Waals surface area contributed by atoms with Gasteiger partial charge in [-0.05, 0) is 32.4 Å². The van der Waals surface area contributed by atoms with Gasteiger partial charge in [-0.15, -0.1) is 0 Å². The minimum atomic E-state index is 0.158. The lowest BCUT2D eigenvalue weighted by Gasteiger charge is -2.21. The third kappa shape index (κ3) is 4.40. The number of ether oxygens (including phenoxy) is 1. The van der Waals surface area contributed by atoms with Crippen molar-refractivity contribution in [1.82, 2.24) is 0 Å². The number of hydrogen-bond donors (Lipinski definition) is 0. The number of Topliss-reactive ketones (excluding diaryl/α,β-unsaturated/α-hetero) is 1. The smallest absolute Gasteiger partial charge is 0.170 e. The Morgan fingerprint density at radius 3 is 2.56 bits per heavy atom. The Kier molecular flexibility index (Phi) is 6.26. The van der Waals surface area contributed by atoms with Crippen molar-refractivity contribution < 1.29 is 9.53 Å². The summed E-state index contributed by atoms with van der Waals surface area (Å²) in [6.07, 6.45) is 1.47. The minimum Gasteiger partial charge on any atom is -0.486 e. The van der Waals surface area contributed by atoms with Crippen LogP contribution in [0.3, 0.4) is 0 Å². The Morgan fingerprint density at radius 2 is 1.94 bits per heavy atom. The lowest BCUT2D eigenvalue weighted by atomic mass is 10.2. The number of ketones is 1. The van der Waals surface area contributed by atoms with Crippen LogP contribution in [-0.2, 0) is 4.79 Å². The van der Waals surface area contributed by atoms with Crippen LogP contribution in [0.2, 0.25) is 0 Å². The Balaban J connectivity index is 2.62. The molecule has 0 bridgehead atoms. The van der Waals surface area contributed by atoms with Crippen molar-refractivity contribution in [3.05, 3.63) is 24.3 Å². The van der Waals surface area contributed by atoms with E-state index in [1.165, 1.54) is 0 Å². The van der Waals surface area contributed by atoms with Gasteiger partial charge in [-0.25, -0.2) is 0 Å². The Bertz CT molecular complexity index is 373. The lowest BCUT2D eigenvalue weighted by Crippen LogP contribution is -2.21. The average molecular weight is 249 g/mol. The van der Waals surface area contributed by atoms with E-state index in [0.717, 1.165) is 30.9 Å². The normalized spacial score (nSPS) is 10.2. The van der Waals surface area contributed by atoms with Gasteiger partial charge < -0.3 is 9.64 Å². The average Bonchev–Trinajstić information content (AvgIpc) is 2.39. The van der Waals surface area contributed by atoms with Crippen LogP contribution >= 0.6 is 0 Å². The third-order valence-electron chi connectivity index (χ3n) is 2.87. The summed E-state index contributed by atoms with van der Waals surface area (Å²) in [5.74, 6) is 0.926. The molecule has 0 unspecified atom stereocenters. The van der Waals surface area contributed by atoms with E-state index < -0.39 is 0 Å². The molecule has 0 amide bonds. The van der Waals surface area contributed by atoms with Crippen LogP contribution in [0.1, 0.15) is 33.6 Å². The molecule has 0 N–H and O–H groups in total. The molecule has 0 spiro atoms. The van der Waals surface area contributed by atoms with Gasteiger partial charge in [0.2, 0.25) is 0 Å². The standard InChI is InChI=1S/C15H23NO2/c1-4-8-14(17)12-18-15-10-7-9-13(11-15)16(5-2)6-3/h7,9-11H,4-6,8,12H2,1-3H3. The van der Waals surface area contributed by atoms with Crippen molar-refractivity contribution in [3.8, 4) is 5.75 Å². The second kappa shape index (κ2) is 7.75. The van der Waals surface area contributed by atoms with E-state index in [1.807, 2.05) is 25.1 Å². The molecule has 3 heteroatoms. The van der Waals surface area contributed by atoms with Crippen molar-refractivity contribution in [2.45, 2.75) is 33.6 Å². The van der Waals surface area contributed by atoms with Gasteiger partial charge in [0, 0.05) is 31.3 Å². The van der Waals surface area contributed by atoms with Gasteiger partial charge in [-0.2, -0.15) is 0 Å². The molecule has 1 aromatic rings. The molecule has 1 aromatic carbocycles. The first kappa shape index (κ1) is 14.6. The Morgan fingerprint density at radius 1 is 1.22 bits per heavy atom. The van der Waals surface area contributed by atoms with Crippen LogP contribution in [0, 0.1) is 0 Å². The first-order chi connectivity index (χ1) is 8.71. The Hall–Kier alpha value is -1.51. The molecule has 0 fully saturated rings. The van der Waals surface area contributed by atoms with Crippen molar-refractivity contribution in [1.29, 1.82) is 0 Å². The highest BCUT2D eigenvalue weighted by molar-refractivity contribution is 5.79. The van der Waals surface area contributed by atoms with Crippen LogP contribution in [0.25, 0.3) is 0 Å². The number of rotatable bonds is 8. The molecule has 0 saturated carbocycles. The van der Waals surface area contributed by atoms with Gasteiger partial charge >= 0.3 is 0 Å². The highest BCUT2D eigenvalue weighted by Gasteiger charge is 2.05. The van der Waals surface area contributed by atoms with E-state index >= 15 is 0 Å². The molecular weight excluding hydrogens is 226 g/mol. The predicted molar refractivity (Wildman–Crippen MR) is 75.4 cm³/mol. The van der Waals surface area contributed by atoms with Crippen molar-refractivity contribution in [2.75, 3.05) is 24.6 Å². The number of carbonyl (C=O) groups is 1. The second-order valence-corrected chi connectivity index (χ2v) is 4.25. The maximum atomic E-state index is 11.4. The summed E-state index contributed by atoms with van der Waals surface area (Å²) in [5, 5.41) is 0. The maximum absolute atomic E-state index is 11.4. The highest BCUT2D eigenvalue weighted by atomic mass is 16.5. The van der Waals surface area contributed by atoms with E-state index in [2.05, 4.69) is 24.8 Å². The fourth-order valence-corrected chi connectivity index (χ4v) is 1.87. The highest BCUT2D eigenvalue weighted by Crippen LogP contribution is 2.21. The predicted octanol–water partition coefficient (Wildman–Crippen LogP) is 3.28. The summed E-state index contributed by atoms with van der Waals surface area (Å²) in [6, 6.07) is 7.92. The van der Waals surface area contributed by atoms with Crippen molar-refractivity contribution >= 4 is 11.5 Å². The molecule has 0 saturated heterocycles. The summed E-state index contributed by atoms with van der Waals surface area (Å²) >= 11 is 0. The largest absolute Gasteiger partial charge is 0.486 e. The SMILES string of the molecule is CCCC(=O)COc1cccc(N(CC)CC)c1. The van der Waals surface area contributed by atoms with Gasteiger partial charge in [0.15, 0.2) is 5.78 Å². The summed E-state index contributed by atoms with van der Waals surface area (Å²) < 4.78 is 5.52. The van der Waals surface area contributed by atoms with Crippen LogP contribution in [0.5, 0.6) is 5.75 Å². The van der Waals surface area contributed by atoms with Gasteiger partial charge in [-0.3, -0.25) is 4.79 Å². The first-order valence-corrected chi connectivity index (χ1v) is 6.70. The number of hydrogen-bond acceptors (Lipinski definition) is 3. The molecule has 0 radical (unpaired) electrons. The maximum Gasteiger partial charge on any atom is 0.170 e. The van der Waals surface area contributed by atoms with E-state index in [-0.39, 0.29) is 12.4 Å². The molecule has 0 atom stereocenters. The van der Waals surface area contributed by atoms with Crippen LogP contribution < -0.4 is 9.64 Å². The summed E-state index contributed by atoms with van der Waals surface area (Å²) in [4.78, 5) is 13.7. The van der Waals surface area contributed by atoms with Gasteiger partial charge in [0.05, 0.1) is 0 Å². The Labute approximate surface area is 110 Å². The minimum absolute atomic E-state index is 0.158. The molecule has 18 heavy (non-hydrogen) atoms. The first-order valence-electron chi connectivity index (χ1n) is 6.70. The molecular formula is C15H23NO2. The van der Waals surface area contributed by atoms with Crippen molar-refractivity contribution in [3.63, 3.8) is 0 Å². The molecule has 0 heterocycles. The molecule has 0 aromatic heterocycles. The third-order valence-corrected chi connectivity index (χ3v) is 2.87. The lowest BCUT2D eigenvalue weighted by molar-refractivity contribution is -0.121. The number of carbonyl (C=O) groups excluding carboxylic acids is 1. The second-order valence-electron chi connectivity index (χ2n) is 4.25. The zero-order valence-corrected chi connectivity index (χ0v) is 11.6. The van der Waals surface area contributed by atoms with Crippen molar-refractivity contribution in [2.24, 2.45) is 0 Å². The van der Waals surface area contributed by atoms with Crippen LogP contribution in [0.15, 0.2) is 24.3 Å². The summed E-state index contributed by atoms with van der Waals surface area (Å²) in [6.45, 7) is 8.36. The molecule has 1 rings (SSSR count). The van der Waals surface area contributed by atoms with E-state index in [4.69, 9.17) is 4.74 Å². The number of anilines is 1. The molecule has 0 aliphatic heterocycles. The molecule has 0 aliphatic carbocycles. The van der Waals surface area contributed by atoms with E-state index in [0.29, 0.717) is 6.42 Å². The number of benzene rings is 1. The van der Waals surface area contributed by atoms with Gasteiger partial charge in [-0.1, -0.05) is 13.0 Å².